The molecule has 116 valence electrons. The number of rotatable bonds is 3. The smallest absolute Gasteiger partial charge is 0.163 e. The maximum Gasteiger partial charge on any atom is 0.163 e. The highest BCUT2D eigenvalue weighted by Gasteiger charge is 2.44. The van der Waals surface area contributed by atoms with E-state index in [1.807, 2.05) is 11.3 Å². The Kier molecular flexibility index (Phi) is 4.50. The molecular formula is C17H25NO2S. The topological polar surface area (TPSA) is 21.7 Å². The molecule has 0 aromatic carbocycles. The standard InChI is InChI=1S/C17H25NO2S/c1-13(2)4-8-18-9-6-17(7-10-18)14-5-11-21-15(14)12-16(19-3)20-17/h4-5,11,16H,6-10,12H2,1-3H3/t16-/m1/s1. The molecule has 1 spiro atoms. The van der Waals surface area contributed by atoms with Crippen LogP contribution in [0.4, 0.5) is 0 Å². The summed E-state index contributed by atoms with van der Waals surface area (Å²) < 4.78 is 11.9. The van der Waals surface area contributed by atoms with Crippen molar-refractivity contribution in [2.45, 2.75) is 45.0 Å². The molecule has 0 saturated carbocycles. The lowest BCUT2D eigenvalue weighted by molar-refractivity contribution is -0.226. The lowest BCUT2D eigenvalue weighted by Crippen LogP contribution is -2.48. The lowest BCUT2D eigenvalue weighted by Gasteiger charge is -2.46. The summed E-state index contributed by atoms with van der Waals surface area (Å²) in [4.78, 5) is 3.97. The minimum absolute atomic E-state index is 0.0829. The number of nitrogens with zero attached hydrogens (tertiary/aromatic N) is 1. The highest BCUT2D eigenvalue weighted by molar-refractivity contribution is 7.10. The van der Waals surface area contributed by atoms with Crippen LogP contribution in [-0.2, 0) is 21.5 Å². The molecule has 4 heteroatoms. The van der Waals surface area contributed by atoms with Crippen LogP contribution in [0, 0.1) is 0 Å². The Bertz CT molecular complexity index is 511. The number of fused-ring (bicyclic) bond motifs is 2. The second-order valence-corrected chi connectivity index (χ2v) is 7.32. The zero-order valence-corrected chi connectivity index (χ0v) is 14.0. The Labute approximate surface area is 131 Å². The molecule has 0 amide bonds. The minimum Gasteiger partial charge on any atom is -0.355 e. The van der Waals surface area contributed by atoms with Gasteiger partial charge in [0, 0.05) is 38.0 Å². The molecule has 3 rings (SSSR count). The third-order valence-electron chi connectivity index (χ3n) is 4.63. The van der Waals surface area contributed by atoms with Crippen molar-refractivity contribution in [2.75, 3.05) is 26.7 Å². The van der Waals surface area contributed by atoms with Crippen LogP contribution in [-0.4, -0.2) is 37.9 Å². The van der Waals surface area contributed by atoms with Crippen molar-refractivity contribution < 1.29 is 9.47 Å². The van der Waals surface area contributed by atoms with Crippen molar-refractivity contribution >= 4 is 11.3 Å². The fraction of sp³-hybridized carbons (Fsp3) is 0.647. The maximum atomic E-state index is 6.37. The Hall–Kier alpha value is -0.680. The average molecular weight is 307 g/mol. The zero-order chi connectivity index (χ0) is 14.9. The van der Waals surface area contributed by atoms with Crippen LogP contribution in [0.5, 0.6) is 0 Å². The van der Waals surface area contributed by atoms with Crippen LogP contribution in [0.15, 0.2) is 23.1 Å². The van der Waals surface area contributed by atoms with Gasteiger partial charge < -0.3 is 9.47 Å². The summed E-state index contributed by atoms with van der Waals surface area (Å²) >= 11 is 1.84. The lowest BCUT2D eigenvalue weighted by atomic mass is 9.82. The van der Waals surface area contributed by atoms with Crippen LogP contribution >= 0.6 is 11.3 Å². The first-order valence-electron chi connectivity index (χ1n) is 7.76. The number of piperidine rings is 1. The van der Waals surface area contributed by atoms with Gasteiger partial charge in [-0.05, 0) is 43.7 Å². The molecule has 3 nitrogen and oxygen atoms in total. The molecule has 1 atom stereocenters. The van der Waals surface area contributed by atoms with E-state index in [2.05, 4.69) is 36.3 Å². The second-order valence-electron chi connectivity index (χ2n) is 6.32. The van der Waals surface area contributed by atoms with Crippen LogP contribution in [0.3, 0.4) is 0 Å². The highest BCUT2D eigenvalue weighted by atomic mass is 32.1. The van der Waals surface area contributed by atoms with E-state index >= 15 is 0 Å². The Balaban J connectivity index is 1.73. The minimum atomic E-state index is -0.115. The maximum absolute atomic E-state index is 6.37. The van der Waals surface area contributed by atoms with E-state index in [0.717, 1.165) is 38.9 Å². The van der Waals surface area contributed by atoms with E-state index in [1.165, 1.54) is 16.0 Å². The molecule has 21 heavy (non-hydrogen) atoms. The third kappa shape index (κ3) is 3.09. The number of likely N-dealkylation sites (tertiary alicyclic amines) is 1. The van der Waals surface area contributed by atoms with E-state index in [-0.39, 0.29) is 11.9 Å². The van der Waals surface area contributed by atoms with Crippen molar-refractivity contribution in [3.63, 3.8) is 0 Å². The predicted molar refractivity (Wildman–Crippen MR) is 86.7 cm³/mol. The molecule has 0 radical (unpaired) electrons. The van der Waals surface area contributed by atoms with Crippen LogP contribution in [0.1, 0.15) is 37.1 Å². The van der Waals surface area contributed by atoms with Crippen molar-refractivity contribution in [3.8, 4) is 0 Å². The number of methoxy groups -OCH3 is 1. The predicted octanol–water partition coefficient (Wildman–Crippen LogP) is 3.55. The first kappa shape index (κ1) is 15.2. The Morgan fingerprint density at radius 2 is 2.24 bits per heavy atom. The first-order valence-corrected chi connectivity index (χ1v) is 8.64. The van der Waals surface area contributed by atoms with Crippen molar-refractivity contribution in [2.24, 2.45) is 0 Å². The molecule has 2 aliphatic rings. The molecule has 2 aliphatic heterocycles. The van der Waals surface area contributed by atoms with Gasteiger partial charge >= 0.3 is 0 Å². The molecule has 1 aromatic heterocycles. The van der Waals surface area contributed by atoms with E-state index < -0.39 is 0 Å². The molecule has 1 fully saturated rings. The van der Waals surface area contributed by atoms with Gasteiger partial charge in [0.15, 0.2) is 6.29 Å². The monoisotopic (exact) mass is 307 g/mol. The fourth-order valence-corrected chi connectivity index (χ4v) is 4.32. The molecule has 0 aliphatic carbocycles. The van der Waals surface area contributed by atoms with E-state index in [4.69, 9.17) is 9.47 Å². The van der Waals surface area contributed by atoms with E-state index in [9.17, 15) is 0 Å². The summed E-state index contributed by atoms with van der Waals surface area (Å²) in [7, 11) is 1.75. The highest BCUT2D eigenvalue weighted by Crippen LogP contribution is 2.45. The summed E-state index contributed by atoms with van der Waals surface area (Å²) in [5.41, 5.74) is 2.70. The van der Waals surface area contributed by atoms with Crippen LogP contribution in [0.2, 0.25) is 0 Å². The summed E-state index contributed by atoms with van der Waals surface area (Å²) in [6.45, 7) is 7.57. The summed E-state index contributed by atoms with van der Waals surface area (Å²) in [5, 5.41) is 2.20. The van der Waals surface area contributed by atoms with E-state index in [1.54, 1.807) is 7.11 Å². The van der Waals surface area contributed by atoms with Crippen LogP contribution < -0.4 is 0 Å². The van der Waals surface area contributed by atoms with Gasteiger partial charge in [-0.15, -0.1) is 11.3 Å². The summed E-state index contributed by atoms with van der Waals surface area (Å²) in [6.07, 6.45) is 5.25. The van der Waals surface area contributed by atoms with Crippen LogP contribution in [0.25, 0.3) is 0 Å². The number of hydrogen-bond acceptors (Lipinski definition) is 4. The van der Waals surface area contributed by atoms with Gasteiger partial charge in [-0.3, -0.25) is 4.90 Å². The largest absolute Gasteiger partial charge is 0.355 e. The van der Waals surface area contributed by atoms with Crippen molar-refractivity contribution in [3.05, 3.63) is 33.5 Å². The van der Waals surface area contributed by atoms with Gasteiger partial charge in [-0.2, -0.15) is 0 Å². The van der Waals surface area contributed by atoms with Gasteiger partial charge in [0.05, 0.1) is 5.60 Å². The number of allylic oxidation sites excluding steroid dienone is 1. The molecule has 1 saturated heterocycles. The normalized spacial score (nSPS) is 24.8. The van der Waals surface area contributed by atoms with E-state index in [0.29, 0.717) is 0 Å². The summed E-state index contributed by atoms with van der Waals surface area (Å²) in [5.74, 6) is 0. The Morgan fingerprint density at radius 1 is 1.48 bits per heavy atom. The SMILES string of the molecule is CO[C@H]1Cc2sccc2C2(CCN(CC=C(C)C)CC2)O1. The second kappa shape index (κ2) is 6.21. The molecule has 1 aromatic rings. The Morgan fingerprint density at radius 3 is 2.90 bits per heavy atom. The van der Waals surface area contributed by atoms with Gasteiger partial charge in [0.25, 0.3) is 0 Å². The quantitative estimate of drug-likeness (QED) is 0.797. The number of hydrogen-bond donors (Lipinski definition) is 0. The first-order chi connectivity index (χ1) is 10.1. The zero-order valence-electron chi connectivity index (χ0n) is 13.2. The number of ether oxygens (including phenoxy) is 2. The summed E-state index contributed by atoms with van der Waals surface area (Å²) in [6, 6.07) is 2.26. The molecule has 0 bridgehead atoms. The van der Waals surface area contributed by atoms with Gasteiger partial charge in [0.2, 0.25) is 0 Å². The van der Waals surface area contributed by atoms with Crippen molar-refractivity contribution in [1.29, 1.82) is 0 Å². The van der Waals surface area contributed by atoms with Gasteiger partial charge in [-0.25, -0.2) is 0 Å². The van der Waals surface area contributed by atoms with Gasteiger partial charge in [-0.1, -0.05) is 11.6 Å². The van der Waals surface area contributed by atoms with Crippen molar-refractivity contribution in [1.82, 2.24) is 4.90 Å². The molecular weight excluding hydrogens is 282 g/mol. The van der Waals surface area contributed by atoms with Gasteiger partial charge in [0.1, 0.15) is 0 Å². The third-order valence-corrected chi connectivity index (χ3v) is 5.57. The number of thiophene rings is 1. The molecule has 3 heterocycles. The average Bonchev–Trinajstić information content (AvgIpc) is 2.96. The molecule has 0 N–H and O–H groups in total. The molecule has 0 unspecified atom stereocenters. The fourth-order valence-electron chi connectivity index (χ4n) is 3.34.